The second-order valence-electron chi connectivity index (χ2n) is 5.45. The normalized spacial score (nSPS) is 11.0. The molecular weight excluding hydrogens is 372 g/mol. The van der Waals surface area contributed by atoms with Crippen LogP contribution in [0.5, 0.6) is 0 Å². The quantitative estimate of drug-likeness (QED) is 0.742. The van der Waals surface area contributed by atoms with Gasteiger partial charge < -0.3 is 14.3 Å². The van der Waals surface area contributed by atoms with Gasteiger partial charge in [-0.3, -0.25) is 9.59 Å². The average molecular weight is 389 g/mol. The maximum Gasteiger partial charge on any atom is 0.262 e. The van der Waals surface area contributed by atoms with Gasteiger partial charge in [-0.1, -0.05) is 34.1 Å². The highest BCUT2D eigenvalue weighted by molar-refractivity contribution is 9.10. The second kappa shape index (κ2) is 6.65. The van der Waals surface area contributed by atoms with E-state index in [0.29, 0.717) is 35.4 Å². The van der Waals surface area contributed by atoms with Crippen LogP contribution in [0.2, 0.25) is 0 Å². The number of furan rings is 1. The predicted molar refractivity (Wildman–Crippen MR) is 96.2 cm³/mol. The van der Waals surface area contributed by atoms with E-state index in [0.717, 1.165) is 10.0 Å². The second-order valence-corrected chi connectivity index (χ2v) is 6.31. The van der Waals surface area contributed by atoms with Crippen LogP contribution in [0.15, 0.2) is 50.2 Å². The van der Waals surface area contributed by atoms with Crippen molar-refractivity contribution < 1.29 is 9.21 Å². The molecule has 1 aromatic carbocycles. The molecule has 5 nitrogen and oxygen atoms in total. The van der Waals surface area contributed by atoms with E-state index in [1.807, 2.05) is 31.2 Å². The van der Waals surface area contributed by atoms with Crippen molar-refractivity contribution in [3.8, 4) is 0 Å². The number of nitrogens with zero attached hydrogens (tertiary/aromatic N) is 1. The van der Waals surface area contributed by atoms with Crippen LogP contribution in [-0.2, 0) is 13.1 Å². The summed E-state index contributed by atoms with van der Waals surface area (Å²) >= 11 is 3.46. The minimum Gasteiger partial charge on any atom is -0.460 e. The van der Waals surface area contributed by atoms with Crippen LogP contribution in [0, 0.1) is 6.92 Å². The van der Waals surface area contributed by atoms with E-state index < -0.39 is 0 Å². The lowest BCUT2D eigenvalue weighted by Crippen LogP contribution is -2.26. The lowest BCUT2D eigenvalue weighted by atomic mass is 10.1. The van der Waals surface area contributed by atoms with Crippen LogP contribution in [0.1, 0.15) is 28.6 Å². The summed E-state index contributed by atoms with van der Waals surface area (Å²) in [5, 5.41) is 3.20. The number of hydrogen-bond donors (Lipinski definition) is 1. The number of aromatic nitrogens is 1. The number of halogens is 1. The Hall–Kier alpha value is -2.34. The summed E-state index contributed by atoms with van der Waals surface area (Å²) in [5.74, 6) is 0.133. The molecule has 0 unspecified atom stereocenters. The summed E-state index contributed by atoms with van der Waals surface area (Å²) in [6.45, 7) is 4.48. The lowest BCUT2D eigenvalue weighted by molar-refractivity contribution is 0.0950. The van der Waals surface area contributed by atoms with Gasteiger partial charge in [-0.05, 0) is 31.5 Å². The highest BCUT2D eigenvalue weighted by Crippen LogP contribution is 2.23. The number of carbonyl (C=O) groups excluding carboxylic acids is 1. The van der Waals surface area contributed by atoms with Crippen molar-refractivity contribution >= 4 is 32.8 Å². The average Bonchev–Trinajstić information content (AvgIpc) is 2.91. The minimum absolute atomic E-state index is 0.210. The molecule has 124 valence electrons. The highest BCUT2D eigenvalue weighted by Gasteiger charge is 2.21. The number of carbonyl (C=O) groups is 1. The van der Waals surface area contributed by atoms with Crippen molar-refractivity contribution in [3.63, 3.8) is 0 Å². The van der Waals surface area contributed by atoms with Gasteiger partial charge in [0.25, 0.3) is 11.5 Å². The molecule has 3 aromatic rings. The zero-order valence-corrected chi connectivity index (χ0v) is 15.0. The van der Waals surface area contributed by atoms with Crippen LogP contribution >= 0.6 is 15.9 Å². The Morgan fingerprint density at radius 1 is 1.29 bits per heavy atom. The third-order valence-electron chi connectivity index (χ3n) is 3.96. The Bertz CT molecular complexity index is 972. The number of rotatable bonds is 4. The van der Waals surface area contributed by atoms with Crippen LogP contribution in [0.4, 0.5) is 0 Å². The van der Waals surface area contributed by atoms with E-state index in [1.165, 1.54) is 0 Å². The predicted octanol–water partition coefficient (Wildman–Crippen LogP) is 3.62. The molecule has 6 heteroatoms. The topological polar surface area (TPSA) is 64.2 Å². The molecule has 0 bridgehead atoms. The third-order valence-corrected chi connectivity index (χ3v) is 4.73. The van der Waals surface area contributed by atoms with E-state index in [-0.39, 0.29) is 11.5 Å². The fourth-order valence-electron chi connectivity index (χ4n) is 2.69. The molecule has 0 atom stereocenters. The van der Waals surface area contributed by atoms with Crippen molar-refractivity contribution in [2.24, 2.45) is 0 Å². The van der Waals surface area contributed by atoms with Gasteiger partial charge in [0.15, 0.2) is 0 Å². The van der Waals surface area contributed by atoms with Crippen molar-refractivity contribution in [2.45, 2.75) is 26.9 Å². The molecular formula is C18H17BrN2O3. The van der Waals surface area contributed by atoms with E-state index in [1.54, 1.807) is 23.8 Å². The van der Waals surface area contributed by atoms with Crippen molar-refractivity contribution in [1.82, 2.24) is 9.88 Å². The van der Waals surface area contributed by atoms with Gasteiger partial charge in [-0.25, -0.2) is 0 Å². The molecule has 0 aliphatic rings. The van der Waals surface area contributed by atoms with Crippen LogP contribution < -0.4 is 10.9 Å². The molecule has 0 aliphatic carbocycles. The summed E-state index contributed by atoms with van der Waals surface area (Å²) in [5.41, 5.74) is 1.50. The number of fused-ring (bicyclic) bond motifs is 1. The Labute approximate surface area is 147 Å². The lowest BCUT2D eigenvalue weighted by Gasteiger charge is -2.07. The molecule has 0 aliphatic heterocycles. The maximum atomic E-state index is 12.6. The number of nitrogens with one attached hydrogen (secondary N) is 1. The summed E-state index contributed by atoms with van der Waals surface area (Å²) in [7, 11) is 0. The Balaban J connectivity index is 1.96. The van der Waals surface area contributed by atoms with Crippen molar-refractivity contribution in [2.75, 3.05) is 0 Å². The monoisotopic (exact) mass is 388 g/mol. The summed E-state index contributed by atoms with van der Waals surface area (Å²) in [6.07, 6.45) is 1.68. The molecule has 1 amide bonds. The van der Waals surface area contributed by atoms with Gasteiger partial charge in [0, 0.05) is 23.8 Å². The number of benzene rings is 1. The van der Waals surface area contributed by atoms with Crippen LogP contribution in [-0.4, -0.2) is 10.5 Å². The molecule has 0 saturated carbocycles. The van der Waals surface area contributed by atoms with E-state index >= 15 is 0 Å². The largest absolute Gasteiger partial charge is 0.460 e. The number of amides is 1. The van der Waals surface area contributed by atoms with Crippen molar-refractivity contribution in [1.29, 1.82) is 0 Å². The van der Waals surface area contributed by atoms with Gasteiger partial charge >= 0.3 is 0 Å². The SMILES string of the molecule is CCn1ccc2oc(C)c(C(=O)NCc3ccccc3Br)c2c1=O. The number of hydrogen-bond acceptors (Lipinski definition) is 3. The highest BCUT2D eigenvalue weighted by atomic mass is 79.9. The van der Waals surface area contributed by atoms with Crippen LogP contribution in [0.3, 0.4) is 0 Å². The summed E-state index contributed by atoms with van der Waals surface area (Å²) in [4.78, 5) is 25.2. The van der Waals surface area contributed by atoms with Gasteiger partial charge in [0.05, 0.1) is 10.9 Å². The molecule has 0 radical (unpaired) electrons. The van der Waals surface area contributed by atoms with Crippen molar-refractivity contribution in [3.05, 3.63) is 68.2 Å². The van der Waals surface area contributed by atoms with Gasteiger partial charge in [0.1, 0.15) is 11.3 Å². The molecule has 1 N–H and O–H groups in total. The molecule has 2 aromatic heterocycles. The maximum absolute atomic E-state index is 12.6. The minimum atomic E-state index is -0.312. The zero-order valence-electron chi connectivity index (χ0n) is 13.4. The molecule has 0 saturated heterocycles. The first-order valence-electron chi connectivity index (χ1n) is 7.67. The molecule has 2 heterocycles. The van der Waals surface area contributed by atoms with E-state index in [4.69, 9.17) is 4.42 Å². The number of pyridine rings is 1. The Morgan fingerprint density at radius 2 is 2.04 bits per heavy atom. The van der Waals surface area contributed by atoms with E-state index in [2.05, 4.69) is 21.2 Å². The molecule has 0 spiro atoms. The van der Waals surface area contributed by atoms with Gasteiger partial charge in [0.2, 0.25) is 0 Å². The summed E-state index contributed by atoms with van der Waals surface area (Å²) in [6, 6.07) is 9.38. The molecule has 3 rings (SSSR count). The van der Waals surface area contributed by atoms with E-state index in [9.17, 15) is 9.59 Å². The standard InChI is InChI=1S/C18H17BrN2O3/c1-3-21-9-8-14-16(18(21)23)15(11(2)24-14)17(22)20-10-12-6-4-5-7-13(12)19/h4-9H,3,10H2,1-2H3,(H,20,22). The molecule has 24 heavy (non-hydrogen) atoms. The summed E-state index contributed by atoms with van der Waals surface area (Å²) < 4.78 is 8.07. The van der Waals surface area contributed by atoms with Crippen LogP contribution in [0.25, 0.3) is 11.0 Å². The first-order valence-corrected chi connectivity index (χ1v) is 8.46. The van der Waals surface area contributed by atoms with Gasteiger partial charge in [-0.15, -0.1) is 0 Å². The fraction of sp³-hybridized carbons (Fsp3) is 0.222. The zero-order chi connectivity index (χ0) is 17.3. The Morgan fingerprint density at radius 3 is 2.75 bits per heavy atom. The number of aryl methyl sites for hydroxylation is 2. The fourth-order valence-corrected chi connectivity index (χ4v) is 3.12. The third kappa shape index (κ3) is 2.89. The first-order chi connectivity index (χ1) is 11.5. The van der Waals surface area contributed by atoms with Gasteiger partial charge in [-0.2, -0.15) is 0 Å². The molecule has 0 fully saturated rings. The smallest absolute Gasteiger partial charge is 0.262 e. The first kappa shape index (κ1) is 16.5. The Kier molecular flexibility index (Phi) is 4.57.